The van der Waals surface area contributed by atoms with Crippen LogP contribution in [0.3, 0.4) is 0 Å². The van der Waals surface area contributed by atoms with Gasteiger partial charge in [0.05, 0.1) is 12.2 Å². The van der Waals surface area contributed by atoms with Crippen LogP contribution in [-0.4, -0.2) is 33.0 Å². The lowest BCUT2D eigenvalue weighted by Gasteiger charge is -2.11. The number of fused-ring (bicyclic) bond motifs is 2. The number of imidazole rings is 1. The van der Waals surface area contributed by atoms with E-state index >= 15 is 0 Å². The fraction of sp³-hybridized carbons (Fsp3) is 0.300. The Balaban J connectivity index is 0.00000225. The third-order valence-electron chi connectivity index (χ3n) is 4.43. The molecule has 0 bridgehead atoms. The van der Waals surface area contributed by atoms with E-state index in [1.807, 2.05) is 22.2 Å². The molecule has 0 aliphatic carbocycles. The van der Waals surface area contributed by atoms with Crippen molar-refractivity contribution in [3.8, 4) is 0 Å². The van der Waals surface area contributed by atoms with Crippen LogP contribution < -0.4 is 10.6 Å². The maximum atomic E-state index is 4.66. The number of benzene rings is 1. The van der Waals surface area contributed by atoms with E-state index in [0.29, 0.717) is 6.54 Å². The fourth-order valence-corrected chi connectivity index (χ4v) is 3.86. The van der Waals surface area contributed by atoms with Crippen molar-refractivity contribution in [1.82, 2.24) is 24.6 Å². The minimum absolute atomic E-state index is 0. The number of aryl methyl sites for hydroxylation is 1. The summed E-state index contributed by atoms with van der Waals surface area (Å²) in [5, 5.41) is 10.1. The zero-order valence-electron chi connectivity index (χ0n) is 15.8. The number of hydrogen-bond donors (Lipinski definition) is 2. The van der Waals surface area contributed by atoms with Crippen molar-refractivity contribution in [3.05, 3.63) is 60.0 Å². The van der Waals surface area contributed by atoms with Gasteiger partial charge in [0.15, 0.2) is 10.9 Å². The standard InChI is InChI=1S/C20H24N6S.HI/c1-2-21-19(23-14-17-15-26-12-13-27-20(26)24-17)22-9-5-10-25-11-8-16-6-3-4-7-18(16)25;/h3-4,6-8,11-13,15H,2,5,9-10,14H2,1H3,(H2,21,22,23);1H. The molecule has 0 saturated carbocycles. The first kappa shape index (κ1) is 20.7. The third-order valence-corrected chi connectivity index (χ3v) is 5.21. The average Bonchev–Trinajstić information content (AvgIpc) is 3.38. The Morgan fingerprint density at radius 3 is 2.93 bits per heavy atom. The molecule has 0 aliphatic heterocycles. The number of rotatable bonds is 7. The summed E-state index contributed by atoms with van der Waals surface area (Å²) in [6, 6.07) is 10.7. The van der Waals surface area contributed by atoms with Crippen LogP contribution in [0.15, 0.2) is 59.3 Å². The van der Waals surface area contributed by atoms with Crippen LogP contribution in [0.2, 0.25) is 0 Å². The Bertz CT molecular complexity index is 1020. The van der Waals surface area contributed by atoms with Gasteiger partial charge in [-0.3, -0.25) is 4.40 Å². The van der Waals surface area contributed by atoms with Crippen LogP contribution in [0, 0.1) is 0 Å². The summed E-state index contributed by atoms with van der Waals surface area (Å²) in [7, 11) is 0. The number of aromatic nitrogens is 3. The quantitative estimate of drug-likeness (QED) is 0.171. The van der Waals surface area contributed by atoms with E-state index in [1.165, 1.54) is 10.9 Å². The Hall–Kier alpha value is -2.07. The zero-order chi connectivity index (χ0) is 18.5. The molecule has 1 aromatic carbocycles. The van der Waals surface area contributed by atoms with Crippen LogP contribution in [-0.2, 0) is 13.1 Å². The number of hydrogen-bond acceptors (Lipinski definition) is 3. The molecule has 148 valence electrons. The predicted octanol–water partition coefficient (Wildman–Crippen LogP) is 4.11. The summed E-state index contributed by atoms with van der Waals surface area (Å²) < 4.78 is 4.34. The molecule has 4 aromatic rings. The number of para-hydroxylation sites is 1. The highest BCUT2D eigenvalue weighted by Gasteiger charge is 2.03. The smallest absolute Gasteiger partial charge is 0.193 e. The van der Waals surface area contributed by atoms with E-state index in [-0.39, 0.29) is 24.0 Å². The summed E-state index contributed by atoms with van der Waals surface area (Å²) in [6.45, 7) is 5.35. The van der Waals surface area contributed by atoms with Gasteiger partial charge in [-0.15, -0.1) is 35.3 Å². The van der Waals surface area contributed by atoms with Gasteiger partial charge in [-0.25, -0.2) is 9.98 Å². The molecule has 3 heterocycles. The van der Waals surface area contributed by atoms with Gasteiger partial charge >= 0.3 is 0 Å². The first-order chi connectivity index (χ1) is 13.3. The van der Waals surface area contributed by atoms with Gasteiger partial charge in [0, 0.05) is 49.1 Å². The SMILES string of the molecule is CCNC(=NCc1cn2ccsc2n1)NCCCn1ccc2ccccc21.I. The van der Waals surface area contributed by atoms with Crippen LogP contribution in [0.5, 0.6) is 0 Å². The molecule has 8 heteroatoms. The van der Waals surface area contributed by atoms with Gasteiger partial charge in [0.1, 0.15) is 0 Å². The molecule has 0 atom stereocenters. The summed E-state index contributed by atoms with van der Waals surface area (Å²) in [4.78, 5) is 10.3. The second-order valence-corrected chi connectivity index (χ2v) is 7.24. The Labute approximate surface area is 185 Å². The molecule has 3 aromatic heterocycles. The lowest BCUT2D eigenvalue weighted by atomic mass is 10.2. The van der Waals surface area contributed by atoms with E-state index < -0.39 is 0 Å². The van der Waals surface area contributed by atoms with Gasteiger partial charge < -0.3 is 15.2 Å². The Morgan fingerprint density at radius 1 is 1.18 bits per heavy atom. The van der Waals surface area contributed by atoms with Crippen LogP contribution >= 0.6 is 35.3 Å². The van der Waals surface area contributed by atoms with Crippen LogP contribution in [0.1, 0.15) is 19.0 Å². The average molecular weight is 508 g/mol. The van der Waals surface area contributed by atoms with Gasteiger partial charge in [-0.2, -0.15) is 0 Å². The summed E-state index contributed by atoms with van der Waals surface area (Å²) in [5.74, 6) is 0.839. The van der Waals surface area contributed by atoms with Crippen molar-refractivity contribution >= 4 is 57.1 Å². The molecule has 6 nitrogen and oxygen atoms in total. The van der Waals surface area contributed by atoms with E-state index in [2.05, 4.69) is 68.6 Å². The van der Waals surface area contributed by atoms with Gasteiger partial charge in [-0.05, 0) is 30.9 Å². The van der Waals surface area contributed by atoms with Crippen molar-refractivity contribution < 1.29 is 0 Å². The molecular weight excluding hydrogens is 483 g/mol. The fourth-order valence-electron chi connectivity index (χ4n) is 3.15. The summed E-state index contributed by atoms with van der Waals surface area (Å²) >= 11 is 1.64. The molecule has 0 fully saturated rings. The minimum Gasteiger partial charge on any atom is -0.357 e. The molecule has 2 N–H and O–H groups in total. The topological polar surface area (TPSA) is 58.6 Å². The predicted molar refractivity (Wildman–Crippen MR) is 128 cm³/mol. The van der Waals surface area contributed by atoms with Crippen molar-refractivity contribution in [2.24, 2.45) is 4.99 Å². The van der Waals surface area contributed by atoms with Gasteiger partial charge in [0.25, 0.3) is 0 Å². The Morgan fingerprint density at radius 2 is 2.07 bits per heavy atom. The second kappa shape index (κ2) is 9.92. The number of thiazole rings is 1. The molecule has 0 radical (unpaired) electrons. The van der Waals surface area contributed by atoms with Gasteiger partial charge in [0.2, 0.25) is 0 Å². The van der Waals surface area contributed by atoms with E-state index in [0.717, 1.165) is 42.7 Å². The molecule has 4 rings (SSSR count). The monoisotopic (exact) mass is 508 g/mol. The van der Waals surface area contributed by atoms with Crippen molar-refractivity contribution in [1.29, 1.82) is 0 Å². The molecule has 0 unspecified atom stereocenters. The molecule has 28 heavy (non-hydrogen) atoms. The van der Waals surface area contributed by atoms with Crippen LogP contribution in [0.4, 0.5) is 0 Å². The van der Waals surface area contributed by atoms with Crippen LogP contribution in [0.25, 0.3) is 15.9 Å². The molecule has 0 aliphatic rings. The molecule has 0 saturated heterocycles. The highest BCUT2D eigenvalue weighted by Crippen LogP contribution is 2.15. The van der Waals surface area contributed by atoms with E-state index in [1.54, 1.807) is 11.3 Å². The minimum atomic E-state index is 0. The maximum absolute atomic E-state index is 4.66. The molecule has 0 amide bonds. The zero-order valence-corrected chi connectivity index (χ0v) is 19.0. The number of nitrogens with zero attached hydrogens (tertiary/aromatic N) is 4. The lowest BCUT2D eigenvalue weighted by Crippen LogP contribution is -2.38. The highest BCUT2D eigenvalue weighted by atomic mass is 127. The highest BCUT2D eigenvalue weighted by molar-refractivity contribution is 14.0. The molecular formula is C20H25IN6S. The number of halogens is 1. The second-order valence-electron chi connectivity index (χ2n) is 6.37. The third kappa shape index (κ3) is 4.85. The van der Waals surface area contributed by atoms with Crippen molar-refractivity contribution in [2.45, 2.75) is 26.4 Å². The van der Waals surface area contributed by atoms with E-state index in [4.69, 9.17) is 0 Å². The maximum Gasteiger partial charge on any atom is 0.193 e. The number of guanidine groups is 1. The van der Waals surface area contributed by atoms with Gasteiger partial charge in [-0.1, -0.05) is 18.2 Å². The van der Waals surface area contributed by atoms with Crippen molar-refractivity contribution in [2.75, 3.05) is 13.1 Å². The number of aliphatic imine (C=N–C) groups is 1. The Kier molecular flexibility index (Phi) is 7.32. The summed E-state index contributed by atoms with van der Waals surface area (Å²) in [5.41, 5.74) is 2.27. The first-order valence-corrected chi connectivity index (χ1v) is 10.2. The summed E-state index contributed by atoms with van der Waals surface area (Å²) in [6.07, 6.45) is 7.25. The number of nitrogens with one attached hydrogen (secondary N) is 2. The first-order valence-electron chi connectivity index (χ1n) is 9.30. The molecule has 0 spiro atoms. The normalized spacial score (nSPS) is 11.7. The largest absolute Gasteiger partial charge is 0.357 e. The van der Waals surface area contributed by atoms with E-state index in [9.17, 15) is 0 Å². The lowest BCUT2D eigenvalue weighted by molar-refractivity contribution is 0.641. The van der Waals surface area contributed by atoms with Crippen molar-refractivity contribution in [3.63, 3.8) is 0 Å².